The Morgan fingerprint density at radius 1 is 1.43 bits per heavy atom. The van der Waals surface area contributed by atoms with Crippen LogP contribution in [-0.2, 0) is 11.2 Å². The van der Waals surface area contributed by atoms with E-state index >= 15 is 0 Å². The van der Waals surface area contributed by atoms with Crippen molar-refractivity contribution in [1.29, 1.82) is 0 Å². The maximum atomic E-state index is 11.8. The Morgan fingerprint density at radius 3 is 2.79 bits per heavy atom. The predicted octanol–water partition coefficient (Wildman–Crippen LogP) is 2.07. The second kappa shape index (κ2) is 3.58. The third kappa shape index (κ3) is 1.60. The van der Waals surface area contributed by atoms with Gasteiger partial charge in [-0.1, -0.05) is 36.0 Å². The van der Waals surface area contributed by atoms with E-state index in [9.17, 15) is 9.59 Å². The van der Waals surface area contributed by atoms with Gasteiger partial charge < -0.3 is 0 Å². The van der Waals surface area contributed by atoms with Crippen LogP contribution in [0.5, 0.6) is 0 Å². The zero-order chi connectivity index (χ0) is 10.1. The second-order valence-electron chi connectivity index (χ2n) is 3.32. The number of carbonyl (C=O) groups excluding carboxylic acids is 2. The minimum Gasteiger partial charge on any atom is -0.293 e. The molecule has 2 nitrogen and oxygen atoms in total. The van der Waals surface area contributed by atoms with E-state index in [-0.39, 0.29) is 16.1 Å². The lowest BCUT2D eigenvalue weighted by Crippen LogP contribution is -2.12. The molecular formula is C11H10O2S. The molecule has 1 aromatic rings. The standard InChI is InChI=1S/C11H10O2S/c1-7(12)14-10-6-8-4-2-3-5-9(8)11(10)13/h2-5,10H,6H2,1H3. The molecule has 0 saturated heterocycles. The van der Waals surface area contributed by atoms with Crippen molar-refractivity contribution in [2.75, 3.05) is 0 Å². The van der Waals surface area contributed by atoms with Gasteiger partial charge in [0.05, 0.1) is 5.25 Å². The van der Waals surface area contributed by atoms with Crippen LogP contribution >= 0.6 is 11.8 Å². The smallest absolute Gasteiger partial charge is 0.186 e. The second-order valence-corrected chi connectivity index (χ2v) is 4.70. The van der Waals surface area contributed by atoms with Gasteiger partial charge in [-0.3, -0.25) is 9.59 Å². The van der Waals surface area contributed by atoms with Gasteiger partial charge in [0, 0.05) is 12.5 Å². The zero-order valence-corrected chi connectivity index (χ0v) is 8.64. The van der Waals surface area contributed by atoms with Crippen LogP contribution in [0.25, 0.3) is 0 Å². The Kier molecular flexibility index (Phi) is 2.42. The summed E-state index contributed by atoms with van der Waals surface area (Å²) in [4.78, 5) is 22.7. The summed E-state index contributed by atoms with van der Waals surface area (Å²) >= 11 is 1.14. The van der Waals surface area contributed by atoms with E-state index in [4.69, 9.17) is 0 Å². The molecule has 14 heavy (non-hydrogen) atoms. The number of fused-ring (bicyclic) bond motifs is 1. The quantitative estimate of drug-likeness (QED) is 0.705. The number of thioether (sulfide) groups is 1. The van der Waals surface area contributed by atoms with Crippen LogP contribution in [0.1, 0.15) is 22.8 Å². The Bertz CT molecular complexity index is 398. The molecular weight excluding hydrogens is 196 g/mol. The molecule has 0 amide bonds. The largest absolute Gasteiger partial charge is 0.293 e. The molecule has 0 heterocycles. The van der Waals surface area contributed by atoms with Crippen LogP contribution in [0, 0.1) is 0 Å². The van der Waals surface area contributed by atoms with Gasteiger partial charge in [0.15, 0.2) is 10.9 Å². The SMILES string of the molecule is CC(=O)SC1Cc2ccccc2C1=O. The molecule has 3 heteroatoms. The molecule has 1 aliphatic carbocycles. The highest BCUT2D eigenvalue weighted by Crippen LogP contribution is 2.30. The fourth-order valence-corrected chi connectivity index (χ4v) is 2.60. The minimum absolute atomic E-state index is 0.0103. The fourth-order valence-electron chi connectivity index (χ4n) is 1.70. The molecule has 0 radical (unpaired) electrons. The van der Waals surface area contributed by atoms with Gasteiger partial charge in [-0.15, -0.1) is 0 Å². The van der Waals surface area contributed by atoms with E-state index < -0.39 is 0 Å². The molecule has 1 aromatic carbocycles. The van der Waals surface area contributed by atoms with E-state index in [1.54, 1.807) is 0 Å². The molecule has 0 bridgehead atoms. The summed E-state index contributed by atoms with van der Waals surface area (Å²) in [5.74, 6) is 0.0980. The van der Waals surface area contributed by atoms with Crippen molar-refractivity contribution in [2.45, 2.75) is 18.6 Å². The van der Waals surface area contributed by atoms with Gasteiger partial charge >= 0.3 is 0 Å². The summed E-state index contributed by atoms with van der Waals surface area (Å²) in [6.07, 6.45) is 0.694. The molecule has 1 aliphatic rings. The molecule has 0 saturated carbocycles. The molecule has 2 rings (SSSR count). The van der Waals surface area contributed by atoms with E-state index in [1.165, 1.54) is 6.92 Å². The lowest BCUT2D eigenvalue weighted by Gasteiger charge is -2.02. The van der Waals surface area contributed by atoms with Crippen LogP contribution in [0.2, 0.25) is 0 Å². The van der Waals surface area contributed by atoms with Crippen molar-refractivity contribution in [3.05, 3.63) is 35.4 Å². The number of benzene rings is 1. The number of hydrogen-bond acceptors (Lipinski definition) is 3. The summed E-state index contributed by atoms with van der Waals surface area (Å²) in [5, 5.41) is -0.180. The molecule has 0 aromatic heterocycles. The van der Waals surface area contributed by atoms with Crippen LogP contribution in [0.4, 0.5) is 0 Å². The van der Waals surface area contributed by atoms with E-state index in [0.29, 0.717) is 6.42 Å². The normalized spacial score (nSPS) is 19.5. The number of ketones is 1. The van der Waals surface area contributed by atoms with Crippen LogP contribution in [0.15, 0.2) is 24.3 Å². The van der Waals surface area contributed by atoms with Crippen LogP contribution in [0.3, 0.4) is 0 Å². The van der Waals surface area contributed by atoms with Crippen molar-refractivity contribution in [3.8, 4) is 0 Å². The average molecular weight is 206 g/mol. The molecule has 0 N–H and O–H groups in total. The third-order valence-corrected chi connectivity index (χ3v) is 3.29. The van der Waals surface area contributed by atoms with Crippen molar-refractivity contribution in [3.63, 3.8) is 0 Å². The minimum atomic E-state index is -0.190. The lowest BCUT2D eigenvalue weighted by atomic mass is 10.1. The summed E-state index contributed by atoms with van der Waals surface area (Å²) in [5.41, 5.74) is 1.85. The summed E-state index contributed by atoms with van der Waals surface area (Å²) in [7, 11) is 0. The molecule has 0 aliphatic heterocycles. The van der Waals surface area contributed by atoms with Crippen molar-refractivity contribution in [2.24, 2.45) is 0 Å². The maximum absolute atomic E-state index is 11.8. The van der Waals surface area contributed by atoms with Crippen molar-refractivity contribution < 1.29 is 9.59 Å². The highest BCUT2D eigenvalue weighted by molar-refractivity contribution is 8.14. The number of carbonyl (C=O) groups is 2. The highest BCUT2D eigenvalue weighted by atomic mass is 32.2. The van der Waals surface area contributed by atoms with E-state index in [1.807, 2.05) is 24.3 Å². The molecule has 0 spiro atoms. The van der Waals surface area contributed by atoms with Crippen LogP contribution < -0.4 is 0 Å². The van der Waals surface area contributed by atoms with Gasteiger partial charge in [0.25, 0.3) is 0 Å². The molecule has 72 valence electrons. The van der Waals surface area contributed by atoms with E-state index in [0.717, 1.165) is 22.9 Å². The first-order chi connectivity index (χ1) is 6.68. The van der Waals surface area contributed by atoms with Gasteiger partial charge in [-0.05, 0) is 12.0 Å². The van der Waals surface area contributed by atoms with Crippen LogP contribution in [-0.4, -0.2) is 16.1 Å². The van der Waals surface area contributed by atoms with Crippen molar-refractivity contribution in [1.82, 2.24) is 0 Å². The number of hydrogen-bond donors (Lipinski definition) is 0. The van der Waals surface area contributed by atoms with Gasteiger partial charge in [0.2, 0.25) is 0 Å². The number of Topliss-reactive ketones (excluding diaryl/α,β-unsaturated/α-hetero) is 1. The van der Waals surface area contributed by atoms with Gasteiger partial charge in [-0.2, -0.15) is 0 Å². The predicted molar refractivity (Wildman–Crippen MR) is 56.5 cm³/mol. The van der Waals surface area contributed by atoms with Crippen molar-refractivity contribution >= 4 is 22.7 Å². The molecule has 0 fully saturated rings. The lowest BCUT2D eigenvalue weighted by molar-refractivity contribution is -0.109. The molecule has 1 atom stereocenters. The fraction of sp³-hybridized carbons (Fsp3) is 0.273. The maximum Gasteiger partial charge on any atom is 0.186 e. The first-order valence-corrected chi connectivity index (χ1v) is 5.36. The average Bonchev–Trinajstić information content (AvgIpc) is 2.44. The number of rotatable bonds is 1. The Labute approximate surface area is 86.7 Å². The molecule has 1 unspecified atom stereocenters. The monoisotopic (exact) mass is 206 g/mol. The summed E-state index contributed by atoms with van der Waals surface area (Å²) in [6, 6.07) is 7.57. The topological polar surface area (TPSA) is 34.1 Å². The first-order valence-electron chi connectivity index (χ1n) is 4.48. The summed E-state index contributed by atoms with van der Waals surface area (Å²) in [6.45, 7) is 1.50. The zero-order valence-electron chi connectivity index (χ0n) is 7.82. The van der Waals surface area contributed by atoms with Gasteiger partial charge in [-0.25, -0.2) is 0 Å². The van der Waals surface area contributed by atoms with E-state index in [2.05, 4.69) is 0 Å². The third-order valence-electron chi connectivity index (χ3n) is 2.29. The Balaban J connectivity index is 2.26. The first kappa shape index (κ1) is 9.46. The Hall–Kier alpha value is -1.09. The summed E-state index contributed by atoms with van der Waals surface area (Å²) < 4.78 is 0. The Morgan fingerprint density at radius 2 is 2.14 bits per heavy atom. The van der Waals surface area contributed by atoms with Gasteiger partial charge in [0.1, 0.15) is 0 Å². The highest BCUT2D eigenvalue weighted by Gasteiger charge is 2.31.